The van der Waals surface area contributed by atoms with Crippen molar-refractivity contribution in [2.75, 3.05) is 17.3 Å². The number of carbonyl (C=O) groups is 3. The maximum Gasteiger partial charge on any atom is 0.308 e. The molecule has 198 valence electrons. The number of furan rings is 1. The van der Waals surface area contributed by atoms with Crippen molar-refractivity contribution in [2.45, 2.75) is 22.7 Å². The molecule has 4 aromatic rings. The molecule has 2 aromatic carbocycles. The van der Waals surface area contributed by atoms with Gasteiger partial charge in [-0.2, -0.15) is 0 Å². The Kier molecular flexibility index (Phi) is 6.69. The van der Waals surface area contributed by atoms with Gasteiger partial charge in [0.15, 0.2) is 0 Å². The van der Waals surface area contributed by atoms with Crippen molar-refractivity contribution in [3.8, 4) is 5.75 Å². The fourth-order valence-electron chi connectivity index (χ4n) is 4.89. The highest BCUT2D eigenvalue weighted by Crippen LogP contribution is 2.53. The number of methoxy groups -OCH3 is 1. The van der Waals surface area contributed by atoms with Crippen molar-refractivity contribution in [1.29, 1.82) is 0 Å². The molecule has 4 heterocycles. The zero-order valence-corrected chi connectivity index (χ0v) is 23.5. The lowest BCUT2D eigenvalue weighted by atomic mass is 9.87. The number of thiazole rings is 1. The maximum absolute atomic E-state index is 13.8. The fraction of sp³-hybridized carbons (Fsp3) is 0.185. The summed E-state index contributed by atoms with van der Waals surface area (Å²) in [6, 6.07) is 17.3. The second kappa shape index (κ2) is 10.2. The third kappa shape index (κ3) is 4.52. The largest absolute Gasteiger partial charge is 0.497 e. The molecule has 39 heavy (non-hydrogen) atoms. The summed E-state index contributed by atoms with van der Waals surface area (Å²) in [7, 11) is 1.55. The smallest absolute Gasteiger partial charge is 0.308 e. The first-order chi connectivity index (χ1) is 18.9. The van der Waals surface area contributed by atoms with Crippen molar-refractivity contribution < 1.29 is 23.5 Å². The summed E-state index contributed by atoms with van der Waals surface area (Å²) in [5.41, 5.74) is 1.03. The van der Waals surface area contributed by atoms with Crippen LogP contribution in [0, 0.1) is 5.92 Å². The molecule has 1 N–H and O–H groups in total. The van der Waals surface area contributed by atoms with Gasteiger partial charge in [-0.15, -0.1) is 0 Å². The van der Waals surface area contributed by atoms with Crippen molar-refractivity contribution in [3.63, 3.8) is 0 Å². The molecule has 2 aliphatic rings. The lowest BCUT2D eigenvalue weighted by Gasteiger charge is -2.29. The van der Waals surface area contributed by atoms with Crippen LogP contribution in [0.2, 0.25) is 0 Å². The number of halogens is 1. The quantitative estimate of drug-likeness (QED) is 0.309. The number of ether oxygens (including phenoxy) is 1. The summed E-state index contributed by atoms with van der Waals surface area (Å²) in [6.07, 6.45) is 1.50. The van der Waals surface area contributed by atoms with Crippen LogP contribution in [0.5, 0.6) is 5.75 Å². The molecule has 0 saturated carbocycles. The van der Waals surface area contributed by atoms with Crippen LogP contribution in [-0.2, 0) is 20.9 Å². The van der Waals surface area contributed by atoms with Crippen LogP contribution in [0.15, 0.2) is 85.6 Å². The molecule has 2 unspecified atom stereocenters. The van der Waals surface area contributed by atoms with Gasteiger partial charge in [0.1, 0.15) is 23.3 Å². The number of thioether (sulfide) groups is 1. The molecule has 2 aliphatic heterocycles. The van der Waals surface area contributed by atoms with E-state index < -0.39 is 23.0 Å². The number of imide groups is 1. The van der Waals surface area contributed by atoms with Crippen LogP contribution in [-0.4, -0.2) is 34.6 Å². The van der Waals surface area contributed by atoms with E-state index in [0.717, 1.165) is 27.6 Å². The highest BCUT2D eigenvalue weighted by molar-refractivity contribution is 9.10. The standard InChI is InChI=1S/C27H20BrN3O6S2/c1-36-17-10-6-15(7-11-17)29-19(32)13-30-26-23(39-27(30)35)20(18-3-2-12-37-18)21-22(38-26)25(34)31(24(21)33)16-8-4-14(28)5-9-16/h2-12,20-22H,13H2,1H3,(H,29,32)/t20-,21?,22?/m1/s1. The number of fused-ring (bicyclic) bond motifs is 2. The van der Waals surface area contributed by atoms with Crippen LogP contribution >= 0.6 is 39.0 Å². The number of rotatable bonds is 6. The van der Waals surface area contributed by atoms with E-state index in [9.17, 15) is 19.2 Å². The van der Waals surface area contributed by atoms with E-state index in [2.05, 4.69) is 21.2 Å². The summed E-state index contributed by atoms with van der Waals surface area (Å²) >= 11 is 5.51. The maximum atomic E-state index is 13.8. The molecule has 2 aromatic heterocycles. The number of aromatic nitrogens is 1. The Labute approximate surface area is 238 Å². The molecule has 3 amide bonds. The lowest BCUT2D eigenvalue weighted by Crippen LogP contribution is -2.32. The summed E-state index contributed by atoms with van der Waals surface area (Å²) < 4.78 is 13.1. The minimum atomic E-state index is -0.784. The molecule has 12 heteroatoms. The molecule has 0 aliphatic carbocycles. The Morgan fingerprint density at radius 3 is 2.46 bits per heavy atom. The first-order valence-electron chi connectivity index (χ1n) is 11.9. The minimum absolute atomic E-state index is 0.246. The van der Waals surface area contributed by atoms with E-state index in [0.29, 0.717) is 32.8 Å². The fourth-order valence-corrected chi connectivity index (χ4v) is 7.91. The molecule has 9 nitrogen and oxygen atoms in total. The van der Waals surface area contributed by atoms with E-state index >= 15 is 0 Å². The zero-order valence-electron chi connectivity index (χ0n) is 20.3. The Morgan fingerprint density at radius 2 is 1.79 bits per heavy atom. The van der Waals surface area contributed by atoms with Crippen molar-refractivity contribution in [1.82, 2.24) is 4.57 Å². The molecule has 0 radical (unpaired) electrons. The molecule has 0 spiro atoms. The molecular formula is C27H20BrN3O6S2. The van der Waals surface area contributed by atoms with E-state index in [4.69, 9.17) is 9.15 Å². The predicted octanol–water partition coefficient (Wildman–Crippen LogP) is 4.71. The van der Waals surface area contributed by atoms with Gasteiger partial charge in [-0.3, -0.25) is 23.7 Å². The number of nitrogens with zero attached hydrogens (tertiary/aromatic N) is 2. The second-order valence-electron chi connectivity index (χ2n) is 8.95. The summed E-state index contributed by atoms with van der Waals surface area (Å²) in [6.45, 7) is -0.246. The van der Waals surface area contributed by atoms with Gasteiger partial charge >= 0.3 is 4.87 Å². The molecule has 0 bridgehead atoms. The number of benzene rings is 2. The molecular weight excluding hydrogens is 606 g/mol. The van der Waals surface area contributed by atoms with Gasteiger partial charge < -0.3 is 14.5 Å². The van der Waals surface area contributed by atoms with Gasteiger partial charge in [0.05, 0.1) is 40.8 Å². The SMILES string of the molecule is COc1ccc(NC(=O)Cn2c3c(sc2=O)[C@H](c2ccco2)C2C(=O)N(c4ccc(Br)cc4)C(=O)C2S3)cc1. The van der Waals surface area contributed by atoms with Crippen LogP contribution < -0.4 is 19.8 Å². The Bertz CT molecular complexity index is 1630. The van der Waals surface area contributed by atoms with Gasteiger partial charge in [-0.25, -0.2) is 4.90 Å². The molecule has 1 fully saturated rings. The summed E-state index contributed by atoms with van der Waals surface area (Å²) in [5, 5.41) is 2.50. The molecule has 3 atom stereocenters. The van der Waals surface area contributed by atoms with Gasteiger partial charge in [-0.05, 0) is 60.7 Å². The van der Waals surface area contributed by atoms with E-state index in [1.54, 1.807) is 67.8 Å². The average molecular weight is 627 g/mol. The number of anilines is 2. The predicted molar refractivity (Wildman–Crippen MR) is 151 cm³/mol. The van der Waals surface area contributed by atoms with Crippen LogP contribution in [0.3, 0.4) is 0 Å². The third-order valence-electron chi connectivity index (χ3n) is 6.66. The van der Waals surface area contributed by atoms with Crippen LogP contribution in [0.1, 0.15) is 16.6 Å². The van der Waals surface area contributed by atoms with Crippen molar-refractivity contribution >= 4 is 68.1 Å². The molecule has 1 saturated heterocycles. The Morgan fingerprint density at radius 1 is 1.05 bits per heavy atom. The number of nitrogens with one attached hydrogen (secondary N) is 1. The van der Waals surface area contributed by atoms with E-state index in [1.807, 2.05) is 0 Å². The zero-order chi connectivity index (χ0) is 27.3. The summed E-state index contributed by atoms with van der Waals surface area (Å²) in [5.74, 6) is -1.37. The first kappa shape index (κ1) is 25.7. The minimum Gasteiger partial charge on any atom is -0.497 e. The van der Waals surface area contributed by atoms with E-state index in [-0.39, 0.29) is 23.2 Å². The normalized spacial score (nSPS) is 20.1. The summed E-state index contributed by atoms with van der Waals surface area (Å²) in [4.78, 5) is 55.0. The van der Waals surface area contributed by atoms with Crippen molar-refractivity contribution in [3.05, 3.63) is 91.7 Å². The van der Waals surface area contributed by atoms with Gasteiger partial charge in [0.25, 0.3) is 0 Å². The van der Waals surface area contributed by atoms with Gasteiger partial charge in [0.2, 0.25) is 17.7 Å². The second-order valence-corrected chi connectivity index (χ2v) is 12.0. The number of carbonyl (C=O) groups excluding carboxylic acids is 3. The number of hydrogen-bond donors (Lipinski definition) is 1. The Hall–Kier alpha value is -3.61. The monoisotopic (exact) mass is 625 g/mol. The van der Waals surface area contributed by atoms with Crippen molar-refractivity contribution in [2.24, 2.45) is 5.92 Å². The van der Waals surface area contributed by atoms with Gasteiger partial charge in [-0.1, -0.05) is 39.0 Å². The Balaban J connectivity index is 1.35. The van der Waals surface area contributed by atoms with Gasteiger partial charge in [0, 0.05) is 10.2 Å². The molecule has 6 rings (SSSR count). The lowest BCUT2D eigenvalue weighted by molar-refractivity contribution is -0.122. The number of hydrogen-bond acceptors (Lipinski definition) is 8. The van der Waals surface area contributed by atoms with Crippen LogP contribution in [0.25, 0.3) is 0 Å². The average Bonchev–Trinajstić information content (AvgIpc) is 3.63. The van der Waals surface area contributed by atoms with E-state index in [1.165, 1.54) is 15.7 Å². The van der Waals surface area contributed by atoms with Crippen LogP contribution in [0.4, 0.5) is 11.4 Å². The first-order valence-corrected chi connectivity index (χ1v) is 14.4. The topological polar surface area (TPSA) is 111 Å². The highest BCUT2D eigenvalue weighted by atomic mass is 79.9. The number of amides is 3. The third-order valence-corrected chi connectivity index (χ3v) is 9.79. The highest BCUT2D eigenvalue weighted by Gasteiger charge is 2.57.